The molecule has 0 saturated carbocycles. The van der Waals surface area contributed by atoms with Crippen molar-refractivity contribution >= 4 is 23.2 Å². The lowest BCUT2D eigenvalue weighted by Gasteiger charge is -2.10. The molecular weight excluding hydrogens is 190 g/mol. The summed E-state index contributed by atoms with van der Waals surface area (Å²) >= 11 is 1.40. The SMILES string of the molecule is CC(=O)NC(C(=O)O)c1ccsc1. The zero-order valence-corrected chi connectivity index (χ0v) is 7.80. The molecule has 0 aliphatic carbocycles. The first-order valence-electron chi connectivity index (χ1n) is 3.63. The van der Waals surface area contributed by atoms with Crippen LogP contribution in [0.25, 0.3) is 0 Å². The molecule has 0 aliphatic rings. The molecule has 13 heavy (non-hydrogen) atoms. The predicted octanol–water partition coefficient (Wildman–Crippen LogP) is 1.01. The lowest BCUT2D eigenvalue weighted by atomic mass is 10.1. The molecule has 4 nitrogen and oxygen atoms in total. The summed E-state index contributed by atoms with van der Waals surface area (Å²) in [5.74, 6) is -1.40. The van der Waals surface area contributed by atoms with Crippen LogP contribution in [0.4, 0.5) is 0 Å². The molecule has 1 aromatic heterocycles. The second-order valence-electron chi connectivity index (χ2n) is 2.53. The van der Waals surface area contributed by atoms with Gasteiger partial charge < -0.3 is 10.4 Å². The average Bonchev–Trinajstić information content (AvgIpc) is 2.50. The fraction of sp³-hybridized carbons (Fsp3) is 0.250. The molecule has 0 saturated heterocycles. The Bertz CT molecular complexity index is 307. The van der Waals surface area contributed by atoms with Crippen molar-refractivity contribution in [1.82, 2.24) is 5.32 Å². The molecule has 0 aliphatic heterocycles. The van der Waals surface area contributed by atoms with E-state index >= 15 is 0 Å². The molecule has 1 heterocycles. The first-order chi connectivity index (χ1) is 6.11. The minimum atomic E-state index is -1.05. The van der Waals surface area contributed by atoms with Crippen molar-refractivity contribution in [3.63, 3.8) is 0 Å². The lowest BCUT2D eigenvalue weighted by molar-refractivity contribution is -0.141. The zero-order valence-electron chi connectivity index (χ0n) is 6.98. The van der Waals surface area contributed by atoms with Gasteiger partial charge in [-0.2, -0.15) is 11.3 Å². The van der Waals surface area contributed by atoms with E-state index in [1.54, 1.807) is 16.8 Å². The third-order valence-electron chi connectivity index (χ3n) is 1.47. The van der Waals surface area contributed by atoms with E-state index in [-0.39, 0.29) is 5.91 Å². The highest BCUT2D eigenvalue weighted by molar-refractivity contribution is 7.08. The van der Waals surface area contributed by atoms with E-state index in [1.807, 2.05) is 0 Å². The van der Waals surface area contributed by atoms with E-state index in [4.69, 9.17) is 5.11 Å². The highest BCUT2D eigenvalue weighted by atomic mass is 32.1. The van der Waals surface area contributed by atoms with Crippen molar-refractivity contribution < 1.29 is 14.7 Å². The molecular formula is C8H9NO3S. The second kappa shape index (κ2) is 4.04. The Kier molecular flexibility index (Phi) is 3.02. The Morgan fingerprint density at radius 2 is 2.31 bits per heavy atom. The summed E-state index contributed by atoms with van der Waals surface area (Å²) in [6.07, 6.45) is 0. The molecule has 1 rings (SSSR count). The van der Waals surface area contributed by atoms with Gasteiger partial charge in [-0.05, 0) is 22.4 Å². The van der Waals surface area contributed by atoms with Crippen molar-refractivity contribution in [3.05, 3.63) is 22.4 Å². The molecule has 1 amide bonds. The number of thiophene rings is 1. The maximum Gasteiger partial charge on any atom is 0.330 e. The summed E-state index contributed by atoms with van der Waals surface area (Å²) in [6, 6.07) is 0.753. The van der Waals surface area contributed by atoms with Crippen molar-refractivity contribution in [2.45, 2.75) is 13.0 Å². The van der Waals surface area contributed by atoms with Crippen LogP contribution in [0.2, 0.25) is 0 Å². The third kappa shape index (κ3) is 2.55. The largest absolute Gasteiger partial charge is 0.479 e. The summed E-state index contributed by atoms with van der Waals surface area (Å²) in [5, 5.41) is 14.6. The first-order valence-corrected chi connectivity index (χ1v) is 4.57. The Morgan fingerprint density at radius 1 is 1.62 bits per heavy atom. The molecule has 1 aromatic rings. The van der Waals surface area contributed by atoms with Crippen LogP contribution in [0.1, 0.15) is 18.5 Å². The quantitative estimate of drug-likeness (QED) is 0.763. The number of rotatable bonds is 3. The highest BCUT2D eigenvalue weighted by Gasteiger charge is 2.20. The number of carboxylic acids is 1. The maximum atomic E-state index is 10.7. The van der Waals surface area contributed by atoms with Crippen LogP contribution in [0.5, 0.6) is 0 Å². The van der Waals surface area contributed by atoms with Gasteiger partial charge in [0, 0.05) is 6.92 Å². The van der Waals surface area contributed by atoms with Crippen molar-refractivity contribution in [2.24, 2.45) is 0 Å². The van der Waals surface area contributed by atoms with Gasteiger partial charge in [0.05, 0.1) is 0 Å². The fourth-order valence-corrected chi connectivity index (χ4v) is 1.62. The number of carbonyl (C=O) groups excluding carboxylic acids is 1. The Balaban J connectivity index is 2.81. The van der Waals surface area contributed by atoms with Crippen LogP contribution in [-0.2, 0) is 9.59 Å². The number of hydrogen-bond donors (Lipinski definition) is 2. The Morgan fingerprint density at radius 3 is 2.69 bits per heavy atom. The molecule has 0 aromatic carbocycles. The van der Waals surface area contributed by atoms with E-state index in [0.717, 1.165) is 0 Å². The smallest absolute Gasteiger partial charge is 0.330 e. The first kappa shape index (κ1) is 9.73. The van der Waals surface area contributed by atoms with Gasteiger partial charge in [-0.1, -0.05) is 0 Å². The van der Waals surface area contributed by atoms with Crippen LogP contribution < -0.4 is 5.32 Å². The van der Waals surface area contributed by atoms with Gasteiger partial charge >= 0.3 is 5.97 Å². The van der Waals surface area contributed by atoms with Crippen LogP contribution in [0.15, 0.2) is 16.8 Å². The molecule has 1 unspecified atom stereocenters. The number of nitrogens with one attached hydrogen (secondary N) is 1. The molecule has 2 N–H and O–H groups in total. The van der Waals surface area contributed by atoms with Gasteiger partial charge in [0.25, 0.3) is 0 Å². The summed E-state index contributed by atoms with van der Waals surface area (Å²) < 4.78 is 0. The molecule has 70 valence electrons. The third-order valence-corrected chi connectivity index (χ3v) is 2.17. The monoisotopic (exact) mass is 199 g/mol. The number of hydrogen-bond acceptors (Lipinski definition) is 3. The summed E-state index contributed by atoms with van der Waals surface area (Å²) in [7, 11) is 0. The normalized spacial score (nSPS) is 12.1. The van der Waals surface area contributed by atoms with Gasteiger partial charge in [-0.3, -0.25) is 4.79 Å². The van der Waals surface area contributed by atoms with Crippen LogP contribution >= 0.6 is 11.3 Å². The summed E-state index contributed by atoms with van der Waals surface area (Å²) in [5.41, 5.74) is 0.604. The Hall–Kier alpha value is -1.36. The van der Waals surface area contributed by atoms with E-state index < -0.39 is 12.0 Å². The number of aliphatic carboxylic acids is 1. The van der Waals surface area contributed by atoms with Gasteiger partial charge in [-0.25, -0.2) is 4.79 Å². The van der Waals surface area contributed by atoms with E-state index in [1.165, 1.54) is 18.3 Å². The van der Waals surface area contributed by atoms with Gasteiger partial charge in [0.2, 0.25) is 5.91 Å². The van der Waals surface area contributed by atoms with Crippen LogP contribution in [-0.4, -0.2) is 17.0 Å². The average molecular weight is 199 g/mol. The Labute approximate surface area is 79.2 Å². The molecule has 0 bridgehead atoms. The predicted molar refractivity (Wildman–Crippen MR) is 48.5 cm³/mol. The van der Waals surface area contributed by atoms with Gasteiger partial charge in [0.1, 0.15) is 0 Å². The minimum absolute atomic E-state index is 0.349. The summed E-state index contributed by atoms with van der Waals surface area (Å²) in [6.45, 7) is 1.29. The van der Waals surface area contributed by atoms with E-state index in [0.29, 0.717) is 5.56 Å². The molecule has 0 spiro atoms. The van der Waals surface area contributed by atoms with Crippen molar-refractivity contribution in [1.29, 1.82) is 0 Å². The van der Waals surface area contributed by atoms with Gasteiger partial charge in [-0.15, -0.1) is 0 Å². The van der Waals surface area contributed by atoms with E-state index in [2.05, 4.69) is 5.32 Å². The van der Waals surface area contributed by atoms with E-state index in [9.17, 15) is 9.59 Å². The molecule has 5 heteroatoms. The second-order valence-corrected chi connectivity index (χ2v) is 3.31. The maximum absolute atomic E-state index is 10.7. The zero-order chi connectivity index (χ0) is 9.84. The number of carboxylic acid groups (broad SMARTS) is 1. The number of amides is 1. The highest BCUT2D eigenvalue weighted by Crippen LogP contribution is 2.16. The van der Waals surface area contributed by atoms with Crippen molar-refractivity contribution in [3.8, 4) is 0 Å². The van der Waals surface area contributed by atoms with Gasteiger partial charge in [0.15, 0.2) is 6.04 Å². The standard InChI is InChI=1S/C8H9NO3S/c1-5(10)9-7(8(11)12)6-2-3-13-4-6/h2-4,7H,1H3,(H,9,10)(H,11,12). The molecule has 0 fully saturated rings. The number of carbonyl (C=O) groups is 2. The van der Waals surface area contributed by atoms with Crippen LogP contribution in [0.3, 0.4) is 0 Å². The van der Waals surface area contributed by atoms with Crippen LogP contribution in [0, 0.1) is 0 Å². The van der Waals surface area contributed by atoms with Crippen molar-refractivity contribution in [2.75, 3.05) is 0 Å². The molecule has 0 radical (unpaired) electrons. The lowest BCUT2D eigenvalue weighted by Crippen LogP contribution is -2.31. The minimum Gasteiger partial charge on any atom is -0.479 e. The molecule has 1 atom stereocenters. The summed E-state index contributed by atoms with van der Waals surface area (Å²) in [4.78, 5) is 21.4. The topological polar surface area (TPSA) is 66.4 Å². The fourth-order valence-electron chi connectivity index (χ4n) is 0.930.